The number of nitrogens with one attached hydrogen (secondary N) is 1. The zero-order valence-corrected chi connectivity index (χ0v) is 22.6. The van der Waals surface area contributed by atoms with Crippen LogP contribution in [-0.2, 0) is 24.5 Å². The molecule has 5 aromatic rings. The smallest absolute Gasteiger partial charge is 0.266 e. The number of nitrogens with zero attached hydrogens (tertiary/aromatic N) is 4. The minimum atomic E-state index is -1.44. The van der Waals surface area contributed by atoms with Crippen LogP contribution in [0.1, 0.15) is 17.4 Å². The summed E-state index contributed by atoms with van der Waals surface area (Å²) in [5.41, 5.74) is 7.60. The molecule has 0 saturated heterocycles. The Morgan fingerprint density at radius 3 is 2.54 bits per heavy atom. The third-order valence-electron chi connectivity index (χ3n) is 6.21. The zero-order chi connectivity index (χ0) is 28.0. The number of aromatic nitrogens is 4. The predicted octanol–water partition coefficient (Wildman–Crippen LogP) is 4.16. The lowest BCUT2D eigenvalue weighted by molar-refractivity contribution is 0.415. The molecule has 202 valence electrons. The number of hydrogen-bond donors (Lipinski definition) is 2. The fraction of sp³-hybridized carbons (Fsp3) is 0.192. The maximum Gasteiger partial charge on any atom is 0.266 e. The van der Waals surface area contributed by atoms with Gasteiger partial charge in [0, 0.05) is 19.4 Å². The van der Waals surface area contributed by atoms with E-state index in [1.807, 2.05) is 0 Å². The van der Waals surface area contributed by atoms with E-state index in [0.717, 1.165) is 6.07 Å². The molecule has 13 heteroatoms. The molecule has 5 rings (SSSR count). The molecular formula is C26H23ClF2N6O3S. The second kappa shape index (κ2) is 10.4. The van der Waals surface area contributed by atoms with Crippen LogP contribution in [0.2, 0.25) is 5.02 Å². The number of benzene rings is 3. The molecule has 2 atom stereocenters. The van der Waals surface area contributed by atoms with Gasteiger partial charge in [-0.2, -0.15) is 5.10 Å². The number of anilines is 1. The van der Waals surface area contributed by atoms with Crippen molar-refractivity contribution in [1.82, 2.24) is 19.3 Å². The average molecular weight is 573 g/mol. The van der Waals surface area contributed by atoms with Crippen molar-refractivity contribution in [2.75, 3.05) is 18.1 Å². The van der Waals surface area contributed by atoms with Gasteiger partial charge in [-0.1, -0.05) is 11.6 Å². The van der Waals surface area contributed by atoms with Gasteiger partial charge in [0.25, 0.3) is 5.56 Å². The van der Waals surface area contributed by atoms with Crippen molar-refractivity contribution < 1.29 is 17.7 Å². The Labute approximate surface area is 228 Å². The van der Waals surface area contributed by atoms with E-state index in [4.69, 9.17) is 27.1 Å². The minimum Gasteiger partial charge on any atom is -0.497 e. The Morgan fingerprint density at radius 1 is 1.15 bits per heavy atom. The highest BCUT2D eigenvalue weighted by molar-refractivity contribution is 7.85. The number of fused-ring (bicyclic) bond motifs is 2. The molecule has 0 amide bonds. The first-order chi connectivity index (χ1) is 18.6. The normalized spacial score (nSPS) is 13.1. The topological polar surface area (TPSA) is 117 Å². The third-order valence-corrected chi connectivity index (χ3v) is 7.00. The van der Waals surface area contributed by atoms with E-state index >= 15 is 0 Å². The van der Waals surface area contributed by atoms with Crippen molar-refractivity contribution in [3.05, 3.63) is 86.9 Å². The number of ether oxygens (including phenoxy) is 1. The van der Waals surface area contributed by atoms with Crippen LogP contribution in [0.15, 0.2) is 53.3 Å². The molecule has 0 aliphatic rings. The average Bonchev–Trinajstić information content (AvgIpc) is 3.19. The summed E-state index contributed by atoms with van der Waals surface area (Å²) in [6, 6.07) is 10.3. The standard InChI is InChI=1S/C26H23ClF2N6O3S/c1-34-23-21(7-5-18(27)22(23)24(32-34)33-39(3)37)35-25(19(30)10-13-8-14(28)11-15(29)9-13)31-20-6-4-16(38-2)12-17(20)26(35)36/h4-9,11-12,19H,10,30H2,1-3H3,(H,32,33)/t19-,39?/m0/s1. The van der Waals surface area contributed by atoms with Crippen molar-refractivity contribution in [3.8, 4) is 11.4 Å². The van der Waals surface area contributed by atoms with Gasteiger partial charge in [0.05, 0.1) is 45.7 Å². The zero-order valence-electron chi connectivity index (χ0n) is 21.0. The molecule has 39 heavy (non-hydrogen) atoms. The van der Waals surface area contributed by atoms with Crippen LogP contribution in [-0.4, -0.2) is 36.9 Å². The Bertz CT molecular complexity index is 1820. The van der Waals surface area contributed by atoms with Gasteiger partial charge in [0.2, 0.25) is 0 Å². The van der Waals surface area contributed by atoms with E-state index in [9.17, 15) is 17.8 Å². The summed E-state index contributed by atoms with van der Waals surface area (Å²) in [4.78, 5) is 18.8. The maximum absolute atomic E-state index is 14.1. The maximum atomic E-state index is 14.1. The second-order valence-electron chi connectivity index (χ2n) is 8.90. The van der Waals surface area contributed by atoms with Crippen LogP contribution in [0.5, 0.6) is 5.75 Å². The van der Waals surface area contributed by atoms with Crippen molar-refractivity contribution in [1.29, 1.82) is 0 Å². The Morgan fingerprint density at radius 2 is 1.87 bits per heavy atom. The predicted molar refractivity (Wildman–Crippen MR) is 148 cm³/mol. The molecule has 0 radical (unpaired) electrons. The van der Waals surface area contributed by atoms with E-state index in [1.54, 1.807) is 37.4 Å². The largest absolute Gasteiger partial charge is 0.497 e. The Hall–Kier alpha value is -3.87. The summed E-state index contributed by atoms with van der Waals surface area (Å²) in [5.74, 6) is -0.601. The lowest BCUT2D eigenvalue weighted by Crippen LogP contribution is -2.30. The fourth-order valence-corrected chi connectivity index (χ4v) is 5.27. The minimum absolute atomic E-state index is 0.00742. The lowest BCUT2D eigenvalue weighted by Gasteiger charge is -2.20. The van der Waals surface area contributed by atoms with Crippen LogP contribution in [0.25, 0.3) is 27.5 Å². The number of hydrogen-bond acceptors (Lipinski definition) is 6. The SMILES string of the molecule is COc1ccc2nc([C@@H](N)Cc3cc(F)cc(F)c3)n(-c3ccc(Cl)c4c(NS(C)=O)nn(C)c34)c(=O)c2c1. The van der Waals surface area contributed by atoms with Crippen LogP contribution >= 0.6 is 11.6 Å². The number of nitrogens with two attached hydrogens (primary N) is 1. The molecule has 3 N–H and O–H groups in total. The molecule has 1 unspecified atom stereocenters. The molecule has 3 aromatic carbocycles. The number of rotatable bonds is 7. The summed E-state index contributed by atoms with van der Waals surface area (Å²) in [7, 11) is 1.70. The van der Waals surface area contributed by atoms with Crippen LogP contribution in [0.4, 0.5) is 14.6 Å². The van der Waals surface area contributed by atoms with Gasteiger partial charge in [-0.05, 0) is 54.4 Å². The molecule has 0 aliphatic carbocycles. The first kappa shape index (κ1) is 26.7. The van der Waals surface area contributed by atoms with Crippen LogP contribution in [0.3, 0.4) is 0 Å². The molecule has 0 saturated carbocycles. The number of halogens is 3. The molecule has 0 aliphatic heterocycles. The van der Waals surface area contributed by atoms with E-state index in [-0.39, 0.29) is 23.4 Å². The molecule has 2 aromatic heterocycles. The van der Waals surface area contributed by atoms with Gasteiger partial charge in [-0.3, -0.25) is 18.8 Å². The van der Waals surface area contributed by atoms with Gasteiger partial charge in [-0.25, -0.2) is 18.0 Å². The monoisotopic (exact) mass is 572 g/mol. The molecule has 0 bridgehead atoms. The van der Waals surface area contributed by atoms with E-state index < -0.39 is 34.2 Å². The van der Waals surface area contributed by atoms with E-state index in [0.29, 0.717) is 38.4 Å². The summed E-state index contributed by atoms with van der Waals surface area (Å²) in [6.07, 6.45) is 1.45. The molecular weight excluding hydrogens is 550 g/mol. The number of methoxy groups -OCH3 is 1. The van der Waals surface area contributed by atoms with Gasteiger partial charge in [0.1, 0.15) is 34.2 Å². The first-order valence-electron chi connectivity index (χ1n) is 11.6. The highest BCUT2D eigenvalue weighted by Gasteiger charge is 2.24. The summed E-state index contributed by atoms with van der Waals surface area (Å²) in [6.45, 7) is 0. The van der Waals surface area contributed by atoms with Crippen molar-refractivity contribution in [2.45, 2.75) is 12.5 Å². The molecule has 9 nitrogen and oxygen atoms in total. The molecule has 0 fully saturated rings. The summed E-state index contributed by atoms with van der Waals surface area (Å²) in [5, 5.41) is 5.44. The highest BCUT2D eigenvalue weighted by atomic mass is 35.5. The van der Waals surface area contributed by atoms with Crippen molar-refractivity contribution in [3.63, 3.8) is 0 Å². The Kier molecular flexibility index (Phi) is 7.10. The fourth-order valence-electron chi connectivity index (χ4n) is 4.61. The highest BCUT2D eigenvalue weighted by Crippen LogP contribution is 2.35. The van der Waals surface area contributed by atoms with Gasteiger partial charge >= 0.3 is 0 Å². The molecule has 0 spiro atoms. The summed E-state index contributed by atoms with van der Waals surface area (Å²) >= 11 is 6.52. The van der Waals surface area contributed by atoms with Gasteiger partial charge < -0.3 is 10.5 Å². The molecule has 2 heterocycles. The number of aryl methyl sites for hydroxylation is 1. The van der Waals surface area contributed by atoms with E-state index in [2.05, 4.69) is 9.82 Å². The summed E-state index contributed by atoms with van der Waals surface area (Å²) < 4.78 is 50.7. The van der Waals surface area contributed by atoms with Crippen molar-refractivity contribution in [2.24, 2.45) is 12.8 Å². The second-order valence-corrected chi connectivity index (χ2v) is 10.4. The quantitative estimate of drug-likeness (QED) is 0.302. The lowest BCUT2D eigenvalue weighted by atomic mass is 10.0. The van der Waals surface area contributed by atoms with Crippen LogP contribution < -0.4 is 20.8 Å². The van der Waals surface area contributed by atoms with Crippen LogP contribution in [0, 0.1) is 11.6 Å². The van der Waals surface area contributed by atoms with Crippen molar-refractivity contribution >= 4 is 50.2 Å². The third kappa shape index (κ3) is 4.98. The van der Waals surface area contributed by atoms with Gasteiger partial charge in [0.15, 0.2) is 5.82 Å². The van der Waals surface area contributed by atoms with Gasteiger partial charge in [-0.15, -0.1) is 0 Å². The van der Waals surface area contributed by atoms with E-state index in [1.165, 1.54) is 34.7 Å². The first-order valence-corrected chi connectivity index (χ1v) is 13.6. The Balaban J connectivity index is 1.81.